The van der Waals surface area contributed by atoms with Crippen LogP contribution in [0.2, 0.25) is 0 Å². The molecule has 0 unspecified atom stereocenters. The van der Waals surface area contributed by atoms with Crippen molar-refractivity contribution in [1.29, 1.82) is 0 Å². The third-order valence-electron chi connectivity index (χ3n) is 1.72. The van der Waals surface area contributed by atoms with Gasteiger partial charge in [0.2, 0.25) is 0 Å². The lowest BCUT2D eigenvalue weighted by Gasteiger charge is -1.95. The quantitative estimate of drug-likeness (QED) is 0.441. The first kappa shape index (κ1) is 10.3. The highest BCUT2D eigenvalue weighted by molar-refractivity contribution is 5.99. The van der Waals surface area contributed by atoms with Gasteiger partial charge in [0.1, 0.15) is 12.1 Å². The minimum absolute atomic E-state index is 0.0208. The molecule has 0 bridgehead atoms. The van der Waals surface area contributed by atoms with Gasteiger partial charge in [-0.1, -0.05) is 0 Å². The van der Waals surface area contributed by atoms with E-state index in [9.17, 15) is 9.59 Å². The summed E-state index contributed by atoms with van der Waals surface area (Å²) in [6.07, 6.45) is 2.31. The lowest BCUT2D eigenvalue weighted by molar-refractivity contribution is -0.127. The standard InChI is InChI=1S/C6H8O2.C2H6O/c1-5(8)6(4-7)2-3-6;1-3-2/h4H,2-3H2,1H3;1-2H3. The Kier molecular flexibility index (Phi) is 3.97. The molecule has 0 N–H and O–H groups in total. The van der Waals surface area contributed by atoms with Crippen molar-refractivity contribution in [3.8, 4) is 0 Å². The van der Waals surface area contributed by atoms with Gasteiger partial charge >= 0.3 is 0 Å². The van der Waals surface area contributed by atoms with Crippen LogP contribution in [0, 0.1) is 5.41 Å². The highest BCUT2D eigenvalue weighted by Gasteiger charge is 2.47. The normalized spacial score (nSPS) is 17.7. The number of carbonyl (C=O) groups is 2. The third-order valence-corrected chi connectivity index (χ3v) is 1.72. The van der Waals surface area contributed by atoms with E-state index in [1.54, 1.807) is 14.2 Å². The maximum Gasteiger partial charge on any atom is 0.143 e. The number of ether oxygens (including phenoxy) is 1. The van der Waals surface area contributed by atoms with Crippen molar-refractivity contribution in [2.75, 3.05) is 14.2 Å². The van der Waals surface area contributed by atoms with E-state index in [1.165, 1.54) is 6.92 Å². The average Bonchev–Trinajstić information content (AvgIpc) is 2.68. The molecule has 0 aliphatic heterocycles. The van der Waals surface area contributed by atoms with Gasteiger partial charge in [0.25, 0.3) is 0 Å². The van der Waals surface area contributed by atoms with E-state index in [1.807, 2.05) is 0 Å². The molecule has 0 aromatic heterocycles. The van der Waals surface area contributed by atoms with Gasteiger partial charge in [-0.2, -0.15) is 0 Å². The molecule has 0 aromatic carbocycles. The topological polar surface area (TPSA) is 43.4 Å². The molecule has 0 spiro atoms. The Labute approximate surface area is 66.7 Å². The van der Waals surface area contributed by atoms with Gasteiger partial charge in [-0.05, 0) is 19.8 Å². The number of ketones is 1. The van der Waals surface area contributed by atoms with E-state index in [0.717, 1.165) is 19.1 Å². The summed E-state index contributed by atoms with van der Waals surface area (Å²) in [7, 11) is 3.25. The van der Waals surface area contributed by atoms with Crippen LogP contribution < -0.4 is 0 Å². The SMILES string of the molecule is CC(=O)C1(C=O)CC1.COC. The van der Waals surface area contributed by atoms with Crippen LogP contribution in [0.4, 0.5) is 0 Å². The Bertz CT molecular complexity index is 147. The lowest BCUT2D eigenvalue weighted by atomic mass is 10.1. The Morgan fingerprint density at radius 3 is 1.82 bits per heavy atom. The molecule has 0 radical (unpaired) electrons. The molecule has 0 aromatic rings. The number of methoxy groups -OCH3 is 1. The van der Waals surface area contributed by atoms with E-state index in [2.05, 4.69) is 4.74 Å². The van der Waals surface area contributed by atoms with Crippen molar-refractivity contribution < 1.29 is 14.3 Å². The molecule has 64 valence electrons. The van der Waals surface area contributed by atoms with Crippen molar-refractivity contribution >= 4 is 12.1 Å². The lowest BCUT2D eigenvalue weighted by Crippen LogP contribution is -2.12. The smallest absolute Gasteiger partial charge is 0.143 e. The molecule has 1 fully saturated rings. The van der Waals surface area contributed by atoms with Crippen LogP contribution in [0.3, 0.4) is 0 Å². The maximum absolute atomic E-state index is 10.5. The van der Waals surface area contributed by atoms with Crippen molar-refractivity contribution in [2.24, 2.45) is 5.41 Å². The first-order valence-corrected chi connectivity index (χ1v) is 3.50. The molecule has 11 heavy (non-hydrogen) atoms. The van der Waals surface area contributed by atoms with Crippen LogP contribution in [0.25, 0.3) is 0 Å². The minimum atomic E-state index is -0.528. The summed E-state index contributed by atoms with van der Waals surface area (Å²) in [5.74, 6) is 0.0208. The summed E-state index contributed by atoms with van der Waals surface area (Å²) in [6, 6.07) is 0. The van der Waals surface area contributed by atoms with Crippen LogP contribution in [0.15, 0.2) is 0 Å². The number of carbonyl (C=O) groups excluding carboxylic acids is 2. The number of rotatable bonds is 2. The number of aldehydes is 1. The van der Waals surface area contributed by atoms with E-state index in [-0.39, 0.29) is 5.78 Å². The Morgan fingerprint density at radius 1 is 1.45 bits per heavy atom. The van der Waals surface area contributed by atoms with E-state index < -0.39 is 5.41 Å². The summed E-state index contributed by atoms with van der Waals surface area (Å²) in [4.78, 5) is 20.6. The predicted molar refractivity (Wildman–Crippen MR) is 41.3 cm³/mol. The molecule has 0 saturated heterocycles. The molecular formula is C8H14O3. The molecule has 0 amide bonds. The Hall–Kier alpha value is -0.700. The van der Waals surface area contributed by atoms with Gasteiger partial charge in [-0.15, -0.1) is 0 Å². The minimum Gasteiger partial charge on any atom is -0.388 e. The zero-order chi connectivity index (χ0) is 8.91. The van der Waals surface area contributed by atoms with Gasteiger partial charge in [-0.3, -0.25) is 4.79 Å². The van der Waals surface area contributed by atoms with Crippen molar-refractivity contribution in [3.63, 3.8) is 0 Å². The van der Waals surface area contributed by atoms with Crippen LogP contribution in [0.1, 0.15) is 19.8 Å². The van der Waals surface area contributed by atoms with Gasteiger partial charge in [-0.25, -0.2) is 0 Å². The summed E-state index contributed by atoms with van der Waals surface area (Å²) < 4.78 is 4.25. The van der Waals surface area contributed by atoms with Crippen molar-refractivity contribution in [2.45, 2.75) is 19.8 Å². The number of hydrogen-bond acceptors (Lipinski definition) is 3. The summed E-state index contributed by atoms with van der Waals surface area (Å²) >= 11 is 0. The molecule has 1 aliphatic rings. The monoisotopic (exact) mass is 158 g/mol. The largest absolute Gasteiger partial charge is 0.388 e. The van der Waals surface area contributed by atoms with Crippen LogP contribution in [0.5, 0.6) is 0 Å². The molecule has 3 heteroatoms. The maximum atomic E-state index is 10.5. The second-order valence-corrected chi connectivity index (χ2v) is 2.74. The van der Waals surface area contributed by atoms with Crippen LogP contribution in [-0.4, -0.2) is 26.3 Å². The average molecular weight is 158 g/mol. The van der Waals surface area contributed by atoms with Crippen molar-refractivity contribution in [1.82, 2.24) is 0 Å². The zero-order valence-electron chi connectivity index (χ0n) is 7.22. The second kappa shape index (κ2) is 4.23. The molecule has 0 atom stereocenters. The molecule has 1 saturated carbocycles. The third kappa shape index (κ3) is 2.80. The van der Waals surface area contributed by atoms with Crippen molar-refractivity contribution in [3.05, 3.63) is 0 Å². The Morgan fingerprint density at radius 2 is 1.82 bits per heavy atom. The number of hydrogen-bond donors (Lipinski definition) is 0. The zero-order valence-corrected chi connectivity index (χ0v) is 7.22. The number of Topliss-reactive ketones (excluding diaryl/α,β-unsaturated/α-hetero) is 1. The van der Waals surface area contributed by atoms with Gasteiger partial charge in [0.15, 0.2) is 0 Å². The summed E-state index contributed by atoms with van der Waals surface area (Å²) in [6.45, 7) is 1.47. The predicted octanol–water partition coefficient (Wildman–Crippen LogP) is 0.817. The van der Waals surface area contributed by atoms with Gasteiger partial charge in [0, 0.05) is 14.2 Å². The fourth-order valence-electron chi connectivity index (χ4n) is 0.688. The van der Waals surface area contributed by atoms with Gasteiger partial charge < -0.3 is 9.53 Å². The fourth-order valence-corrected chi connectivity index (χ4v) is 0.688. The van der Waals surface area contributed by atoms with E-state index in [0.29, 0.717) is 0 Å². The van der Waals surface area contributed by atoms with Gasteiger partial charge in [0.05, 0.1) is 5.41 Å². The molecule has 3 nitrogen and oxygen atoms in total. The molecule has 1 aliphatic carbocycles. The van der Waals surface area contributed by atoms with E-state index in [4.69, 9.17) is 0 Å². The first-order chi connectivity index (χ1) is 5.13. The summed E-state index contributed by atoms with van der Waals surface area (Å²) in [5, 5.41) is 0. The highest BCUT2D eigenvalue weighted by Crippen LogP contribution is 2.43. The van der Waals surface area contributed by atoms with Crippen LogP contribution >= 0.6 is 0 Å². The molecular weight excluding hydrogens is 144 g/mol. The van der Waals surface area contributed by atoms with Crippen LogP contribution in [-0.2, 0) is 14.3 Å². The molecule has 1 rings (SSSR count). The summed E-state index contributed by atoms with van der Waals surface area (Å²) in [5.41, 5.74) is -0.528. The molecule has 0 heterocycles. The van der Waals surface area contributed by atoms with E-state index >= 15 is 0 Å². The second-order valence-electron chi connectivity index (χ2n) is 2.74. The fraction of sp³-hybridized carbons (Fsp3) is 0.750. The first-order valence-electron chi connectivity index (χ1n) is 3.50. The Balaban J connectivity index is 0.000000292. The highest BCUT2D eigenvalue weighted by atomic mass is 16.4.